The standard InChI is InChI=1S/C16H26N4O2S2/c1-17-15(20-11-8-16(13-20)6-2-3-7-16)18-9-10-19-24(21,22)14-5-4-12-23-14/h4-5,12,19H,2-3,6-11,13H2,1H3,(H,17,18). The average Bonchev–Trinajstić information content (AvgIpc) is 3.31. The van der Waals surface area contributed by atoms with Gasteiger partial charge >= 0.3 is 0 Å². The molecule has 2 aliphatic rings. The number of likely N-dealkylation sites (tertiary alicyclic amines) is 1. The zero-order valence-electron chi connectivity index (χ0n) is 14.1. The summed E-state index contributed by atoms with van der Waals surface area (Å²) in [5.74, 6) is 0.883. The molecule has 1 aliphatic carbocycles. The van der Waals surface area contributed by atoms with Gasteiger partial charge in [-0.25, -0.2) is 13.1 Å². The fourth-order valence-corrected chi connectivity index (χ4v) is 5.90. The summed E-state index contributed by atoms with van der Waals surface area (Å²) in [4.78, 5) is 6.68. The van der Waals surface area contributed by atoms with Crippen LogP contribution in [0.3, 0.4) is 0 Å². The summed E-state index contributed by atoms with van der Waals surface area (Å²) < 4.78 is 27.1. The first-order valence-corrected chi connectivity index (χ1v) is 10.9. The summed E-state index contributed by atoms with van der Waals surface area (Å²) >= 11 is 1.23. The molecule has 6 nitrogen and oxygen atoms in total. The fourth-order valence-electron chi connectivity index (χ4n) is 3.83. The van der Waals surface area contributed by atoms with Crippen LogP contribution < -0.4 is 10.0 Å². The summed E-state index contributed by atoms with van der Waals surface area (Å²) in [7, 11) is -1.59. The predicted molar refractivity (Wildman–Crippen MR) is 98.0 cm³/mol. The molecule has 1 spiro atoms. The molecule has 0 aromatic carbocycles. The van der Waals surface area contributed by atoms with Gasteiger partial charge in [0.2, 0.25) is 10.0 Å². The molecule has 1 aromatic rings. The van der Waals surface area contributed by atoms with Gasteiger partial charge in [0.15, 0.2) is 5.96 Å². The highest BCUT2D eigenvalue weighted by molar-refractivity contribution is 7.91. The van der Waals surface area contributed by atoms with Gasteiger partial charge in [-0.3, -0.25) is 4.99 Å². The van der Waals surface area contributed by atoms with Crippen molar-refractivity contribution in [2.75, 3.05) is 33.2 Å². The second kappa shape index (κ2) is 7.41. The molecule has 2 fully saturated rings. The number of aliphatic imine (C=N–C) groups is 1. The SMILES string of the molecule is CN=C(NCCNS(=O)(=O)c1cccs1)N1CCC2(CCCC2)C1. The zero-order valence-corrected chi connectivity index (χ0v) is 15.8. The minimum Gasteiger partial charge on any atom is -0.355 e. The van der Waals surface area contributed by atoms with Gasteiger partial charge in [0.05, 0.1) is 0 Å². The Morgan fingerprint density at radius 1 is 1.33 bits per heavy atom. The molecule has 2 heterocycles. The van der Waals surface area contributed by atoms with Gasteiger partial charge in [-0.05, 0) is 36.1 Å². The van der Waals surface area contributed by atoms with Crippen molar-refractivity contribution in [1.82, 2.24) is 14.9 Å². The molecule has 3 rings (SSSR count). The van der Waals surface area contributed by atoms with E-state index in [2.05, 4.69) is 19.9 Å². The Kier molecular flexibility index (Phi) is 5.46. The molecule has 0 atom stereocenters. The van der Waals surface area contributed by atoms with Gasteiger partial charge in [-0.15, -0.1) is 11.3 Å². The first-order chi connectivity index (χ1) is 11.5. The Bertz CT molecular complexity index is 664. The Morgan fingerprint density at radius 3 is 2.79 bits per heavy atom. The van der Waals surface area contributed by atoms with Crippen LogP contribution >= 0.6 is 11.3 Å². The van der Waals surface area contributed by atoms with E-state index < -0.39 is 10.0 Å². The van der Waals surface area contributed by atoms with Gasteiger partial charge in [0.25, 0.3) is 0 Å². The van der Waals surface area contributed by atoms with Crippen molar-refractivity contribution in [1.29, 1.82) is 0 Å². The topological polar surface area (TPSA) is 73.8 Å². The van der Waals surface area contributed by atoms with Crippen LogP contribution in [0.25, 0.3) is 0 Å². The molecule has 0 unspecified atom stereocenters. The smallest absolute Gasteiger partial charge is 0.250 e. The quantitative estimate of drug-likeness (QED) is 0.471. The lowest BCUT2D eigenvalue weighted by atomic mass is 9.86. The predicted octanol–water partition coefficient (Wildman–Crippen LogP) is 1.87. The van der Waals surface area contributed by atoms with Crippen LogP contribution in [-0.4, -0.2) is 52.5 Å². The van der Waals surface area contributed by atoms with Crippen molar-refractivity contribution < 1.29 is 8.42 Å². The summed E-state index contributed by atoms with van der Waals surface area (Å²) in [6.07, 6.45) is 6.62. The fraction of sp³-hybridized carbons (Fsp3) is 0.688. The van der Waals surface area contributed by atoms with Gasteiger partial charge in [0.1, 0.15) is 4.21 Å². The Hall–Kier alpha value is -1.12. The number of rotatable bonds is 5. The highest BCUT2D eigenvalue weighted by atomic mass is 32.2. The second-order valence-corrected chi connectivity index (χ2v) is 9.62. The van der Waals surface area contributed by atoms with Crippen LogP contribution in [-0.2, 0) is 10.0 Å². The number of hydrogen-bond donors (Lipinski definition) is 2. The van der Waals surface area contributed by atoms with E-state index in [0.717, 1.165) is 19.0 Å². The van der Waals surface area contributed by atoms with Gasteiger partial charge in [-0.2, -0.15) is 0 Å². The zero-order chi connectivity index (χ0) is 17.0. The van der Waals surface area contributed by atoms with Crippen LogP contribution in [0.5, 0.6) is 0 Å². The summed E-state index contributed by atoms with van der Waals surface area (Å²) in [6, 6.07) is 3.36. The van der Waals surface area contributed by atoms with Crippen LogP contribution in [0.1, 0.15) is 32.1 Å². The molecule has 24 heavy (non-hydrogen) atoms. The summed E-state index contributed by atoms with van der Waals surface area (Å²) in [6.45, 7) is 2.99. The van der Waals surface area contributed by atoms with E-state index >= 15 is 0 Å². The molecule has 1 saturated heterocycles. The summed E-state index contributed by atoms with van der Waals surface area (Å²) in [5, 5.41) is 5.05. The van der Waals surface area contributed by atoms with E-state index in [9.17, 15) is 8.42 Å². The molecule has 8 heteroatoms. The lowest BCUT2D eigenvalue weighted by molar-refractivity contribution is 0.309. The van der Waals surface area contributed by atoms with E-state index in [0.29, 0.717) is 22.7 Å². The third-order valence-corrected chi connectivity index (χ3v) is 7.93. The number of nitrogens with zero attached hydrogens (tertiary/aromatic N) is 2. The maximum atomic E-state index is 12.1. The minimum absolute atomic E-state index is 0.345. The molecular weight excluding hydrogens is 344 g/mol. The molecule has 134 valence electrons. The van der Waals surface area contributed by atoms with Gasteiger partial charge < -0.3 is 10.2 Å². The molecule has 0 radical (unpaired) electrons. The Labute approximate surface area is 148 Å². The van der Waals surface area contributed by atoms with Crippen molar-refractivity contribution in [2.45, 2.75) is 36.3 Å². The Morgan fingerprint density at radius 2 is 2.12 bits per heavy atom. The normalized spacial score (nSPS) is 20.9. The van der Waals surface area contributed by atoms with Crippen molar-refractivity contribution in [3.05, 3.63) is 17.5 Å². The molecule has 0 amide bonds. The van der Waals surface area contributed by atoms with Crippen molar-refractivity contribution in [2.24, 2.45) is 10.4 Å². The van der Waals surface area contributed by atoms with Crippen molar-refractivity contribution >= 4 is 27.3 Å². The highest BCUT2D eigenvalue weighted by Crippen LogP contribution is 2.45. The Balaban J connectivity index is 1.45. The van der Waals surface area contributed by atoms with E-state index in [1.54, 1.807) is 24.6 Å². The monoisotopic (exact) mass is 370 g/mol. The second-order valence-electron chi connectivity index (χ2n) is 6.68. The largest absolute Gasteiger partial charge is 0.355 e. The van der Waals surface area contributed by atoms with Crippen LogP contribution in [0.4, 0.5) is 0 Å². The molecule has 1 saturated carbocycles. The maximum Gasteiger partial charge on any atom is 0.250 e. The lowest BCUT2D eigenvalue weighted by Crippen LogP contribution is -2.43. The molecule has 1 aliphatic heterocycles. The average molecular weight is 371 g/mol. The van der Waals surface area contributed by atoms with E-state index in [4.69, 9.17) is 0 Å². The van der Waals surface area contributed by atoms with Gasteiger partial charge in [0, 0.05) is 33.2 Å². The molecular formula is C16H26N4O2S2. The maximum absolute atomic E-state index is 12.1. The number of guanidine groups is 1. The molecule has 2 N–H and O–H groups in total. The first kappa shape index (κ1) is 17.7. The number of nitrogens with one attached hydrogen (secondary N) is 2. The number of sulfonamides is 1. The van der Waals surface area contributed by atoms with E-state index in [1.807, 2.05) is 0 Å². The van der Waals surface area contributed by atoms with Gasteiger partial charge in [-0.1, -0.05) is 18.9 Å². The third-order valence-electron chi connectivity index (χ3n) is 5.07. The van der Waals surface area contributed by atoms with Crippen molar-refractivity contribution in [3.63, 3.8) is 0 Å². The lowest BCUT2D eigenvalue weighted by Gasteiger charge is -2.25. The van der Waals surface area contributed by atoms with Crippen LogP contribution in [0, 0.1) is 5.41 Å². The minimum atomic E-state index is -3.38. The molecule has 1 aromatic heterocycles. The summed E-state index contributed by atoms with van der Waals surface area (Å²) in [5.41, 5.74) is 0.498. The van der Waals surface area contributed by atoms with E-state index in [1.165, 1.54) is 43.4 Å². The highest BCUT2D eigenvalue weighted by Gasteiger charge is 2.41. The molecule has 0 bridgehead atoms. The van der Waals surface area contributed by atoms with Crippen LogP contribution in [0.15, 0.2) is 26.7 Å². The van der Waals surface area contributed by atoms with Crippen LogP contribution in [0.2, 0.25) is 0 Å². The van der Waals surface area contributed by atoms with E-state index in [-0.39, 0.29) is 0 Å². The first-order valence-electron chi connectivity index (χ1n) is 8.53. The number of thiophene rings is 1. The third kappa shape index (κ3) is 3.92. The number of hydrogen-bond acceptors (Lipinski definition) is 4. The van der Waals surface area contributed by atoms with Crippen molar-refractivity contribution in [3.8, 4) is 0 Å².